The van der Waals surface area contributed by atoms with Gasteiger partial charge in [-0.1, -0.05) is 49.2 Å². The zero-order valence-corrected chi connectivity index (χ0v) is 12.9. The number of hydrogen-bond acceptors (Lipinski definition) is 2. The summed E-state index contributed by atoms with van der Waals surface area (Å²) in [5.74, 6) is 0.109. The molecule has 1 fully saturated rings. The van der Waals surface area contributed by atoms with Crippen LogP contribution in [0.2, 0.25) is 0 Å². The number of carbonyl (C=O) groups excluding carboxylic acids is 2. The minimum absolute atomic E-state index is 0.101. The number of rotatable bonds is 2. The summed E-state index contributed by atoms with van der Waals surface area (Å²) < 4.78 is 0. The SMILES string of the molecule is CC(C)C1=CC2(CBr)C(C)CCCC2C(=O)C1=O. The Balaban J connectivity index is 2.55. The van der Waals surface area contributed by atoms with Gasteiger partial charge in [-0.05, 0) is 24.7 Å². The van der Waals surface area contributed by atoms with Crippen molar-refractivity contribution in [2.75, 3.05) is 5.33 Å². The van der Waals surface area contributed by atoms with E-state index in [2.05, 4.69) is 28.9 Å². The van der Waals surface area contributed by atoms with Gasteiger partial charge in [0.2, 0.25) is 11.6 Å². The Morgan fingerprint density at radius 3 is 2.61 bits per heavy atom. The Bertz CT molecular complexity index is 411. The first-order valence-electron chi connectivity index (χ1n) is 6.81. The van der Waals surface area contributed by atoms with Crippen LogP contribution in [0, 0.1) is 23.2 Å². The maximum Gasteiger partial charge on any atom is 0.224 e. The summed E-state index contributed by atoms with van der Waals surface area (Å²) in [5, 5.41) is 0.779. The summed E-state index contributed by atoms with van der Waals surface area (Å²) in [7, 11) is 0. The molecule has 3 heteroatoms. The van der Waals surface area contributed by atoms with Crippen LogP contribution in [0.5, 0.6) is 0 Å². The second-order valence-electron chi connectivity index (χ2n) is 6.08. The van der Waals surface area contributed by atoms with Crippen molar-refractivity contribution >= 4 is 27.5 Å². The Morgan fingerprint density at radius 2 is 2.06 bits per heavy atom. The van der Waals surface area contributed by atoms with Gasteiger partial charge in [0, 0.05) is 22.2 Å². The molecule has 0 bridgehead atoms. The van der Waals surface area contributed by atoms with Crippen LogP contribution >= 0.6 is 15.9 Å². The maximum atomic E-state index is 12.4. The molecule has 3 atom stereocenters. The normalized spacial score (nSPS) is 36.6. The molecular formula is C15H21BrO2. The van der Waals surface area contributed by atoms with E-state index in [1.54, 1.807) is 0 Å². The highest BCUT2D eigenvalue weighted by Gasteiger charge is 2.52. The molecular weight excluding hydrogens is 292 g/mol. The van der Waals surface area contributed by atoms with E-state index < -0.39 is 0 Å². The molecule has 3 unspecified atom stereocenters. The van der Waals surface area contributed by atoms with Gasteiger partial charge in [-0.15, -0.1) is 0 Å². The van der Waals surface area contributed by atoms with Crippen molar-refractivity contribution in [2.45, 2.75) is 40.0 Å². The lowest BCUT2D eigenvalue weighted by molar-refractivity contribution is -0.142. The molecule has 0 N–H and O–H groups in total. The Hall–Kier alpha value is -0.440. The molecule has 0 aromatic carbocycles. The Labute approximate surface area is 117 Å². The topological polar surface area (TPSA) is 34.1 Å². The smallest absolute Gasteiger partial charge is 0.224 e. The van der Waals surface area contributed by atoms with Crippen LogP contribution in [0.4, 0.5) is 0 Å². The molecule has 100 valence electrons. The standard InChI is InChI=1S/C15H21BrO2/c1-9(2)11-7-15(8-16)10(3)5-4-6-12(15)14(18)13(11)17/h7,9-10,12H,4-6,8H2,1-3H3. The number of carbonyl (C=O) groups is 2. The van der Waals surface area contributed by atoms with Crippen LogP contribution < -0.4 is 0 Å². The van der Waals surface area contributed by atoms with Gasteiger partial charge in [-0.25, -0.2) is 0 Å². The summed E-state index contributed by atoms with van der Waals surface area (Å²) in [6.07, 6.45) is 5.20. The molecule has 0 amide bonds. The van der Waals surface area contributed by atoms with Gasteiger partial charge in [0.05, 0.1) is 0 Å². The van der Waals surface area contributed by atoms with Crippen LogP contribution in [0.1, 0.15) is 40.0 Å². The highest BCUT2D eigenvalue weighted by molar-refractivity contribution is 9.09. The fourth-order valence-electron chi connectivity index (χ4n) is 3.47. The fourth-order valence-corrected chi connectivity index (χ4v) is 4.58. The van der Waals surface area contributed by atoms with Crippen LogP contribution in [-0.4, -0.2) is 16.9 Å². The summed E-state index contributed by atoms with van der Waals surface area (Å²) in [5.41, 5.74) is 0.590. The third kappa shape index (κ3) is 1.91. The Kier molecular flexibility index (Phi) is 3.82. The molecule has 2 aliphatic rings. The highest BCUT2D eigenvalue weighted by Crippen LogP contribution is 2.51. The van der Waals surface area contributed by atoms with Gasteiger partial charge in [0.1, 0.15) is 0 Å². The number of Topliss-reactive ketones (excluding diaryl/α,β-unsaturated/α-hetero) is 2. The number of ketones is 2. The Morgan fingerprint density at radius 1 is 1.39 bits per heavy atom. The predicted octanol–water partition coefficient (Wildman–Crippen LogP) is 3.54. The van der Waals surface area contributed by atoms with Crippen molar-refractivity contribution in [2.24, 2.45) is 23.2 Å². The highest BCUT2D eigenvalue weighted by atomic mass is 79.9. The first kappa shape index (κ1) is 14.0. The van der Waals surface area contributed by atoms with Crippen LogP contribution in [-0.2, 0) is 9.59 Å². The number of allylic oxidation sites excluding steroid dienone is 2. The van der Waals surface area contributed by atoms with Gasteiger partial charge >= 0.3 is 0 Å². The van der Waals surface area contributed by atoms with E-state index in [9.17, 15) is 9.59 Å². The van der Waals surface area contributed by atoms with Gasteiger partial charge in [-0.3, -0.25) is 9.59 Å². The zero-order chi connectivity index (χ0) is 13.5. The van der Waals surface area contributed by atoms with Gasteiger partial charge in [0.15, 0.2) is 0 Å². The fraction of sp³-hybridized carbons (Fsp3) is 0.733. The molecule has 0 saturated heterocycles. The lowest BCUT2D eigenvalue weighted by Crippen LogP contribution is -2.50. The third-order valence-corrected chi connectivity index (χ3v) is 5.75. The van der Waals surface area contributed by atoms with Crippen molar-refractivity contribution < 1.29 is 9.59 Å². The number of halogens is 1. The molecule has 2 aliphatic carbocycles. The minimum atomic E-state index is -0.235. The van der Waals surface area contributed by atoms with Gasteiger partial charge < -0.3 is 0 Å². The summed E-state index contributed by atoms with van der Waals surface area (Å²) in [4.78, 5) is 24.5. The maximum absolute atomic E-state index is 12.4. The molecule has 2 rings (SSSR count). The lowest BCUT2D eigenvalue weighted by Gasteiger charge is -2.47. The molecule has 0 heterocycles. The van der Waals surface area contributed by atoms with Crippen LogP contribution in [0.25, 0.3) is 0 Å². The molecule has 0 spiro atoms. The number of alkyl halides is 1. The molecule has 1 saturated carbocycles. The minimum Gasteiger partial charge on any atom is -0.290 e. The average molecular weight is 313 g/mol. The molecule has 2 nitrogen and oxygen atoms in total. The molecule has 0 radical (unpaired) electrons. The average Bonchev–Trinajstić information content (AvgIpc) is 2.34. The largest absolute Gasteiger partial charge is 0.290 e. The van der Waals surface area contributed by atoms with E-state index in [1.807, 2.05) is 13.8 Å². The monoisotopic (exact) mass is 312 g/mol. The second-order valence-corrected chi connectivity index (χ2v) is 6.64. The van der Waals surface area contributed by atoms with Crippen molar-refractivity contribution in [3.63, 3.8) is 0 Å². The summed E-state index contributed by atoms with van der Waals surface area (Å²) in [6.45, 7) is 6.20. The van der Waals surface area contributed by atoms with E-state index >= 15 is 0 Å². The first-order valence-corrected chi connectivity index (χ1v) is 7.93. The summed E-state index contributed by atoms with van der Waals surface area (Å²) in [6, 6.07) is 0. The van der Waals surface area contributed by atoms with E-state index in [1.165, 1.54) is 0 Å². The molecule has 18 heavy (non-hydrogen) atoms. The van der Waals surface area contributed by atoms with E-state index in [-0.39, 0.29) is 28.8 Å². The van der Waals surface area contributed by atoms with Crippen molar-refractivity contribution in [1.82, 2.24) is 0 Å². The molecule has 0 aromatic heterocycles. The van der Waals surface area contributed by atoms with Crippen molar-refractivity contribution in [3.8, 4) is 0 Å². The lowest BCUT2D eigenvalue weighted by atomic mass is 9.56. The van der Waals surface area contributed by atoms with E-state index in [0.29, 0.717) is 5.92 Å². The van der Waals surface area contributed by atoms with Crippen LogP contribution in [0.3, 0.4) is 0 Å². The number of fused-ring (bicyclic) bond motifs is 1. The van der Waals surface area contributed by atoms with E-state index in [0.717, 1.165) is 30.2 Å². The predicted molar refractivity (Wildman–Crippen MR) is 75.7 cm³/mol. The zero-order valence-electron chi connectivity index (χ0n) is 11.3. The van der Waals surface area contributed by atoms with Crippen LogP contribution in [0.15, 0.2) is 11.6 Å². The van der Waals surface area contributed by atoms with Crippen molar-refractivity contribution in [1.29, 1.82) is 0 Å². The molecule has 0 aliphatic heterocycles. The third-order valence-electron chi connectivity index (χ3n) is 4.78. The van der Waals surface area contributed by atoms with E-state index in [4.69, 9.17) is 0 Å². The molecule has 0 aromatic rings. The number of hydrogen-bond donors (Lipinski definition) is 0. The van der Waals surface area contributed by atoms with Crippen molar-refractivity contribution in [3.05, 3.63) is 11.6 Å². The first-order chi connectivity index (χ1) is 8.44. The second kappa shape index (κ2) is 4.92. The van der Waals surface area contributed by atoms with Gasteiger partial charge in [0.25, 0.3) is 0 Å². The summed E-state index contributed by atoms with van der Waals surface area (Å²) >= 11 is 3.60. The quantitative estimate of drug-likeness (QED) is 0.577. The van der Waals surface area contributed by atoms with Gasteiger partial charge in [-0.2, -0.15) is 0 Å².